The number of aromatic amines is 1. The van der Waals surface area contributed by atoms with Crippen molar-refractivity contribution in [3.05, 3.63) is 87.7 Å². The fourth-order valence-electron chi connectivity index (χ4n) is 3.43. The van der Waals surface area contributed by atoms with Gasteiger partial charge in [0.05, 0.1) is 6.04 Å². The van der Waals surface area contributed by atoms with E-state index in [1.54, 1.807) is 31.6 Å². The number of nitrogens with zero attached hydrogens (tertiary/aromatic N) is 2. The number of benzene rings is 2. The van der Waals surface area contributed by atoms with Crippen molar-refractivity contribution in [3.8, 4) is 0 Å². The van der Waals surface area contributed by atoms with Gasteiger partial charge in [0.1, 0.15) is 11.6 Å². The van der Waals surface area contributed by atoms with Crippen molar-refractivity contribution in [1.29, 1.82) is 0 Å². The highest BCUT2D eigenvalue weighted by atomic mass is 35.5. The van der Waals surface area contributed by atoms with Crippen molar-refractivity contribution in [2.24, 2.45) is 0 Å². The van der Waals surface area contributed by atoms with Gasteiger partial charge in [-0.1, -0.05) is 35.3 Å². The number of carbonyl (C=O) groups excluding carboxylic acids is 1. The maximum absolute atomic E-state index is 13.8. The van der Waals surface area contributed by atoms with Gasteiger partial charge in [-0.05, 0) is 47.9 Å². The van der Waals surface area contributed by atoms with Gasteiger partial charge in [-0.2, -0.15) is 0 Å². The second kappa shape index (κ2) is 11.1. The Labute approximate surface area is 190 Å². The Kier molecular flexibility index (Phi) is 8.28. The summed E-state index contributed by atoms with van der Waals surface area (Å²) in [6.07, 6.45) is 4.02. The van der Waals surface area contributed by atoms with Crippen LogP contribution in [0.4, 0.5) is 9.18 Å². The molecule has 2 amide bonds. The molecule has 0 aliphatic heterocycles. The number of H-pyrrole nitrogens is 1. The van der Waals surface area contributed by atoms with Gasteiger partial charge in [0, 0.05) is 49.1 Å². The van der Waals surface area contributed by atoms with Crippen LogP contribution in [0.3, 0.4) is 0 Å². The molecule has 1 aromatic heterocycles. The first-order chi connectivity index (χ1) is 14.9. The standard InChI is InChI=1S/C22H24Cl2FN5O/c1-26-22(31)29-7-8-30(14-15-3-2-4-19(25)11-15)20(21-27-5-6-28-21)12-16-9-17(23)13-18(24)10-16/h2-6,9-11,13,20H,7-8,12,14H2,1H3,(H,27,28)(H2,26,29,31). The number of amides is 2. The predicted octanol–water partition coefficient (Wildman–Crippen LogP) is 4.57. The third kappa shape index (κ3) is 6.95. The van der Waals surface area contributed by atoms with E-state index in [1.807, 2.05) is 18.2 Å². The number of hydrogen-bond donors (Lipinski definition) is 3. The molecule has 6 nitrogen and oxygen atoms in total. The van der Waals surface area contributed by atoms with Crippen LogP contribution >= 0.6 is 23.2 Å². The van der Waals surface area contributed by atoms with Crippen molar-refractivity contribution < 1.29 is 9.18 Å². The first-order valence-electron chi connectivity index (χ1n) is 9.83. The normalized spacial score (nSPS) is 12.0. The molecular formula is C22H24Cl2FN5O. The number of aromatic nitrogens is 2. The van der Waals surface area contributed by atoms with Gasteiger partial charge in [-0.15, -0.1) is 0 Å². The predicted molar refractivity (Wildman–Crippen MR) is 121 cm³/mol. The van der Waals surface area contributed by atoms with E-state index < -0.39 is 0 Å². The summed E-state index contributed by atoms with van der Waals surface area (Å²) in [7, 11) is 1.56. The highest BCUT2D eigenvalue weighted by molar-refractivity contribution is 6.34. The number of carbonyl (C=O) groups is 1. The largest absolute Gasteiger partial charge is 0.347 e. The number of rotatable bonds is 9. The molecule has 2 aromatic carbocycles. The van der Waals surface area contributed by atoms with E-state index in [4.69, 9.17) is 23.2 Å². The molecule has 0 aliphatic rings. The van der Waals surface area contributed by atoms with Gasteiger partial charge in [0.15, 0.2) is 0 Å². The highest BCUT2D eigenvalue weighted by Crippen LogP contribution is 2.28. The first-order valence-corrected chi connectivity index (χ1v) is 10.6. The monoisotopic (exact) mass is 463 g/mol. The van der Waals surface area contributed by atoms with Gasteiger partial charge >= 0.3 is 6.03 Å². The van der Waals surface area contributed by atoms with Crippen LogP contribution < -0.4 is 10.6 Å². The van der Waals surface area contributed by atoms with Crippen molar-refractivity contribution in [3.63, 3.8) is 0 Å². The van der Waals surface area contributed by atoms with Crippen LogP contribution in [0.5, 0.6) is 0 Å². The Morgan fingerprint density at radius 3 is 2.61 bits per heavy atom. The molecule has 3 aromatic rings. The fourth-order valence-corrected chi connectivity index (χ4v) is 4.00. The molecule has 3 rings (SSSR count). The Balaban J connectivity index is 1.89. The third-order valence-electron chi connectivity index (χ3n) is 4.81. The summed E-state index contributed by atoms with van der Waals surface area (Å²) >= 11 is 12.4. The van der Waals surface area contributed by atoms with Gasteiger partial charge < -0.3 is 15.6 Å². The van der Waals surface area contributed by atoms with Crippen molar-refractivity contribution in [1.82, 2.24) is 25.5 Å². The molecule has 0 spiro atoms. The zero-order valence-corrected chi connectivity index (χ0v) is 18.6. The molecule has 9 heteroatoms. The molecule has 1 unspecified atom stereocenters. The lowest BCUT2D eigenvalue weighted by Gasteiger charge is -2.31. The van der Waals surface area contributed by atoms with Crippen LogP contribution in [0.1, 0.15) is 23.0 Å². The van der Waals surface area contributed by atoms with E-state index in [-0.39, 0.29) is 17.9 Å². The second-order valence-electron chi connectivity index (χ2n) is 7.08. The second-order valence-corrected chi connectivity index (χ2v) is 7.95. The average Bonchev–Trinajstić information content (AvgIpc) is 3.25. The molecule has 0 fully saturated rings. The quantitative estimate of drug-likeness (QED) is 0.435. The topological polar surface area (TPSA) is 73.1 Å². The van der Waals surface area contributed by atoms with Crippen LogP contribution in [0, 0.1) is 5.82 Å². The fraction of sp³-hybridized carbons (Fsp3) is 0.273. The molecule has 0 aliphatic carbocycles. The molecule has 1 heterocycles. The van der Waals surface area contributed by atoms with Gasteiger partial charge in [-0.3, -0.25) is 4.90 Å². The van der Waals surface area contributed by atoms with Crippen LogP contribution in [-0.2, 0) is 13.0 Å². The molecule has 0 bridgehead atoms. The van der Waals surface area contributed by atoms with E-state index in [0.717, 1.165) is 17.0 Å². The van der Waals surface area contributed by atoms with Crippen molar-refractivity contribution >= 4 is 29.2 Å². The van der Waals surface area contributed by atoms with Crippen LogP contribution in [-0.4, -0.2) is 41.0 Å². The minimum absolute atomic E-state index is 0.181. The minimum atomic E-state index is -0.294. The SMILES string of the molecule is CNC(=O)NCCN(Cc1cccc(F)c1)C(Cc1cc(Cl)cc(Cl)c1)c1ncc[nH]1. The molecule has 0 saturated heterocycles. The lowest BCUT2D eigenvalue weighted by atomic mass is 10.0. The van der Waals surface area contributed by atoms with Gasteiger partial charge in [0.25, 0.3) is 0 Å². The number of hydrogen-bond acceptors (Lipinski definition) is 3. The summed E-state index contributed by atoms with van der Waals surface area (Å²) < 4.78 is 13.8. The first kappa shape index (κ1) is 23.1. The summed E-state index contributed by atoms with van der Waals surface area (Å²) in [6.45, 7) is 1.39. The minimum Gasteiger partial charge on any atom is -0.347 e. The van der Waals surface area contributed by atoms with E-state index in [1.165, 1.54) is 12.1 Å². The lowest BCUT2D eigenvalue weighted by Crippen LogP contribution is -2.40. The summed E-state index contributed by atoms with van der Waals surface area (Å²) in [4.78, 5) is 21.4. The molecule has 1 atom stereocenters. The van der Waals surface area contributed by atoms with Crippen LogP contribution in [0.15, 0.2) is 54.9 Å². The third-order valence-corrected chi connectivity index (χ3v) is 5.25. The van der Waals surface area contributed by atoms with E-state index in [2.05, 4.69) is 25.5 Å². The van der Waals surface area contributed by atoms with Gasteiger partial charge in [0.2, 0.25) is 0 Å². The summed E-state index contributed by atoms with van der Waals surface area (Å²) in [5.74, 6) is 0.463. The Morgan fingerprint density at radius 2 is 1.97 bits per heavy atom. The molecule has 31 heavy (non-hydrogen) atoms. The number of urea groups is 1. The number of nitrogens with one attached hydrogen (secondary N) is 3. The number of imidazole rings is 1. The van der Waals surface area contributed by atoms with Gasteiger partial charge in [-0.25, -0.2) is 14.2 Å². The Hall–Kier alpha value is -2.61. The maximum Gasteiger partial charge on any atom is 0.314 e. The maximum atomic E-state index is 13.8. The van der Waals surface area contributed by atoms with Crippen molar-refractivity contribution in [2.75, 3.05) is 20.1 Å². The van der Waals surface area contributed by atoms with Crippen molar-refractivity contribution in [2.45, 2.75) is 19.0 Å². The van der Waals surface area contributed by atoms with Crippen LogP contribution in [0.2, 0.25) is 10.0 Å². The lowest BCUT2D eigenvalue weighted by molar-refractivity contribution is 0.179. The van der Waals surface area contributed by atoms with E-state index >= 15 is 0 Å². The zero-order valence-electron chi connectivity index (χ0n) is 17.0. The van der Waals surface area contributed by atoms with Crippen LogP contribution in [0.25, 0.3) is 0 Å². The Morgan fingerprint density at radius 1 is 1.19 bits per heavy atom. The summed E-state index contributed by atoms with van der Waals surface area (Å²) in [5.41, 5.74) is 1.77. The zero-order chi connectivity index (χ0) is 22.2. The summed E-state index contributed by atoms with van der Waals surface area (Å²) in [6, 6.07) is 11.5. The summed E-state index contributed by atoms with van der Waals surface area (Å²) in [5, 5.41) is 6.45. The van der Waals surface area contributed by atoms with E-state index in [0.29, 0.717) is 36.1 Å². The number of halogens is 3. The van der Waals surface area contributed by atoms with E-state index in [9.17, 15) is 9.18 Å². The molecular weight excluding hydrogens is 440 g/mol. The molecule has 164 valence electrons. The molecule has 0 saturated carbocycles. The smallest absolute Gasteiger partial charge is 0.314 e. The highest BCUT2D eigenvalue weighted by Gasteiger charge is 2.24. The molecule has 0 radical (unpaired) electrons. The Bertz CT molecular complexity index is 979. The average molecular weight is 464 g/mol. The molecule has 3 N–H and O–H groups in total.